The smallest absolute Gasteiger partial charge is 0.306 e. The molecule has 0 saturated carbocycles. The van der Waals surface area contributed by atoms with Crippen LogP contribution in [0.1, 0.15) is 24.0 Å². The van der Waals surface area contributed by atoms with Gasteiger partial charge in [-0.1, -0.05) is 41.4 Å². The number of anilines is 2. The molecule has 0 bridgehead atoms. The van der Waals surface area contributed by atoms with Gasteiger partial charge in [-0.05, 0) is 43.2 Å². The van der Waals surface area contributed by atoms with Crippen molar-refractivity contribution in [2.75, 3.05) is 17.2 Å². The van der Waals surface area contributed by atoms with Gasteiger partial charge >= 0.3 is 5.97 Å². The van der Waals surface area contributed by atoms with Crippen molar-refractivity contribution in [3.63, 3.8) is 0 Å². The Labute approximate surface area is 173 Å². The quantitative estimate of drug-likeness (QED) is 0.642. The van der Waals surface area contributed by atoms with E-state index in [1.165, 1.54) is 6.07 Å². The number of para-hydroxylation sites is 1. The van der Waals surface area contributed by atoms with Crippen LogP contribution in [0.2, 0.25) is 10.0 Å². The van der Waals surface area contributed by atoms with Crippen LogP contribution < -0.4 is 10.6 Å². The van der Waals surface area contributed by atoms with Crippen LogP contribution in [-0.4, -0.2) is 24.4 Å². The minimum absolute atomic E-state index is 0.0857. The molecule has 2 N–H and O–H groups in total. The highest BCUT2D eigenvalue weighted by Crippen LogP contribution is 2.25. The molecule has 2 rings (SSSR count). The summed E-state index contributed by atoms with van der Waals surface area (Å²) < 4.78 is 4.92. The van der Waals surface area contributed by atoms with Gasteiger partial charge in [0.25, 0.3) is 5.91 Å². The zero-order valence-corrected chi connectivity index (χ0v) is 17.0. The second-order valence-corrected chi connectivity index (χ2v) is 6.97. The van der Waals surface area contributed by atoms with Crippen LogP contribution in [0.4, 0.5) is 11.4 Å². The fourth-order valence-electron chi connectivity index (χ4n) is 2.42. The average Bonchev–Trinajstić information content (AvgIpc) is 2.64. The molecule has 0 aliphatic heterocycles. The Balaban J connectivity index is 1.74. The zero-order chi connectivity index (χ0) is 20.7. The monoisotopic (exact) mass is 422 g/mol. The first kappa shape index (κ1) is 21.7. The normalized spacial score (nSPS) is 10.3. The second kappa shape index (κ2) is 10.1. The Bertz CT molecular complexity index is 880. The first-order valence-electron chi connectivity index (χ1n) is 8.53. The van der Waals surface area contributed by atoms with Crippen LogP contribution >= 0.6 is 23.2 Å². The molecule has 2 amide bonds. The number of aryl methyl sites for hydroxylation is 2. The van der Waals surface area contributed by atoms with Gasteiger partial charge in [0, 0.05) is 17.8 Å². The van der Waals surface area contributed by atoms with Crippen molar-refractivity contribution in [3.05, 3.63) is 57.6 Å². The SMILES string of the molecule is Cc1cccc(C)c1NC(=O)COC(=O)CCC(=O)Nc1ccc(Cl)c(Cl)c1. The van der Waals surface area contributed by atoms with Gasteiger partial charge in [-0.15, -0.1) is 0 Å². The van der Waals surface area contributed by atoms with E-state index in [0.29, 0.717) is 21.4 Å². The van der Waals surface area contributed by atoms with Crippen molar-refractivity contribution in [3.8, 4) is 0 Å². The topological polar surface area (TPSA) is 84.5 Å². The molecule has 0 saturated heterocycles. The summed E-state index contributed by atoms with van der Waals surface area (Å²) in [7, 11) is 0. The largest absolute Gasteiger partial charge is 0.456 e. The van der Waals surface area contributed by atoms with Crippen LogP contribution in [0.3, 0.4) is 0 Å². The van der Waals surface area contributed by atoms with Gasteiger partial charge < -0.3 is 15.4 Å². The lowest BCUT2D eigenvalue weighted by Crippen LogP contribution is -2.22. The summed E-state index contributed by atoms with van der Waals surface area (Å²) in [5.74, 6) is -1.46. The molecule has 0 heterocycles. The molecular weight excluding hydrogens is 403 g/mol. The molecule has 6 nitrogen and oxygen atoms in total. The van der Waals surface area contributed by atoms with E-state index in [4.69, 9.17) is 27.9 Å². The zero-order valence-electron chi connectivity index (χ0n) is 15.5. The van der Waals surface area contributed by atoms with E-state index in [1.54, 1.807) is 12.1 Å². The van der Waals surface area contributed by atoms with E-state index in [0.717, 1.165) is 11.1 Å². The Hall–Kier alpha value is -2.57. The standard InChI is InChI=1S/C20H20Cl2N2O4/c1-12-4-3-5-13(2)20(12)24-18(26)11-28-19(27)9-8-17(25)23-14-6-7-15(21)16(22)10-14/h3-7,10H,8-9,11H2,1-2H3,(H,23,25)(H,24,26). The molecule has 8 heteroatoms. The molecule has 0 atom stereocenters. The van der Waals surface area contributed by atoms with Crippen molar-refractivity contribution >= 4 is 52.4 Å². The number of benzene rings is 2. The van der Waals surface area contributed by atoms with Crippen molar-refractivity contribution < 1.29 is 19.1 Å². The number of carbonyl (C=O) groups is 3. The van der Waals surface area contributed by atoms with Crippen molar-refractivity contribution in [2.24, 2.45) is 0 Å². The molecule has 0 spiro atoms. The summed E-state index contributed by atoms with van der Waals surface area (Å²) in [6.07, 6.45) is -0.235. The summed E-state index contributed by atoms with van der Waals surface area (Å²) in [6.45, 7) is 3.34. The predicted molar refractivity (Wildman–Crippen MR) is 110 cm³/mol. The van der Waals surface area contributed by atoms with E-state index in [2.05, 4.69) is 10.6 Å². The number of esters is 1. The third-order valence-electron chi connectivity index (χ3n) is 3.87. The Morgan fingerprint density at radius 1 is 0.893 bits per heavy atom. The maximum absolute atomic E-state index is 12.0. The van der Waals surface area contributed by atoms with Crippen LogP contribution in [0.15, 0.2) is 36.4 Å². The highest BCUT2D eigenvalue weighted by atomic mass is 35.5. The van der Waals surface area contributed by atoms with Crippen LogP contribution in [0.5, 0.6) is 0 Å². The molecule has 0 aliphatic rings. The van der Waals surface area contributed by atoms with E-state index in [-0.39, 0.29) is 18.7 Å². The summed E-state index contributed by atoms with van der Waals surface area (Å²) >= 11 is 11.7. The number of carbonyl (C=O) groups excluding carboxylic acids is 3. The average molecular weight is 423 g/mol. The Kier molecular flexibility index (Phi) is 7.84. The van der Waals surface area contributed by atoms with Gasteiger partial charge in [0.2, 0.25) is 5.91 Å². The molecule has 0 unspecified atom stereocenters. The Morgan fingerprint density at radius 2 is 1.57 bits per heavy atom. The number of halogens is 2. The second-order valence-electron chi connectivity index (χ2n) is 6.15. The third kappa shape index (κ3) is 6.55. The molecule has 0 radical (unpaired) electrons. The molecule has 2 aromatic rings. The summed E-state index contributed by atoms with van der Waals surface area (Å²) in [4.78, 5) is 35.6. The molecular formula is C20H20Cl2N2O4. The number of nitrogens with one attached hydrogen (secondary N) is 2. The van der Waals surface area contributed by atoms with Gasteiger partial charge in [-0.25, -0.2) is 0 Å². The van der Waals surface area contributed by atoms with Gasteiger partial charge in [-0.3, -0.25) is 14.4 Å². The molecule has 0 aliphatic carbocycles. The fourth-order valence-corrected chi connectivity index (χ4v) is 2.72. The lowest BCUT2D eigenvalue weighted by Gasteiger charge is -2.11. The number of hydrogen-bond donors (Lipinski definition) is 2. The fraction of sp³-hybridized carbons (Fsp3) is 0.250. The maximum atomic E-state index is 12.0. The van der Waals surface area contributed by atoms with Crippen LogP contribution in [-0.2, 0) is 19.1 Å². The van der Waals surface area contributed by atoms with Crippen molar-refractivity contribution in [1.82, 2.24) is 0 Å². The molecule has 0 aromatic heterocycles. The lowest BCUT2D eigenvalue weighted by molar-refractivity contribution is -0.147. The van der Waals surface area contributed by atoms with Crippen molar-refractivity contribution in [1.29, 1.82) is 0 Å². The Morgan fingerprint density at radius 3 is 2.21 bits per heavy atom. The molecule has 0 fully saturated rings. The molecule has 148 valence electrons. The first-order valence-corrected chi connectivity index (χ1v) is 9.28. The lowest BCUT2D eigenvalue weighted by atomic mass is 10.1. The molecule has 2 aromatic carbocycles. The van der Waals surface area contributed by atoms with Gasteiger partial charge in [0.15, 0.2) is 6.61 Å². The van der Waals surface area contributed by atoms with Gasteiger partial charge in [-0.2, -0.15) is 0 Å². The first-order chi connectivity index (χ1) is 13.3. The van der Waals surface area contributed by atoms with E-state index < -0.39 is 18.5 Å². The van der Waals surface area contributed by atoms with Gasteiger partial charge in [0.05, 0.1) is 16.5 Å². The van der Waals surface area contributed by atoms with E-state index in [1.807, 2.05) is 32.0 Å². The van der Waals surface area contributed by atoms with E-state index in [9.17, 15) is 14.4 Å². The number of rotatable bonds is 7. The maximum Gasteiger partial charge on any atom is 0.306 e. The highest BCUT2D eigenvalue weighted by Gasteiger charge is 2.12. The van der Waals surface area contributed by atoms with Crippen molar-refractivity contribution in [2.45, 2.75) is 26.7 Å². The third-order valence-corrected chi connectivity index (χ3v) is 4.61. The number of amides is 2. The summed E-state index contributed by atoms with van der Waals surface area (Å²) in [5.41, 5.74) is 3.00. The highest BCUT2D eigenvalue weighted by molar-refractivity contribution is 6.42. The number of ether oxygens (including phenoxy) is 1. The minimum atomic E-state index is -0.638. The minimum Gasteiger partial charge on any atom is -0.456 e. The summed E-state index contributed by atoms with van der Waals surface area (Å²) in [6, 6.07) is 10.3. The van der Waals surface area contributed by atoms with E-state index >= 15 is 0 Å². The summed E-state index contributed by atoms with van der Waals surface area (Å²) in [5, 5.41) is 6.02. The predicted octanol–water partition coefficient (Wildman–Crippen LogP) is 4.51. The van der Waals surface area contributed by atoms with Crippen LogP contribution in [0, 0.1) is 13.8 Å². The number of hydrogen-bond acceptors (Lipinski definition) is 4. The molecule has 28 heavy (non-hydrogen) atoms. The van der Waals surface area contributed by atoms with Gasteiger partial charge in [0.1, 0.15) is 0 Å². The van der Waals surface area contributed by atoms with Crippen LogP contribution in [0.25, 0.3) is 0 Å².